The van der Waals surface area contributed by atoms with E-state index in [0.717, 1.165) is 12.8 Å². The molecule has 0 saturated heterocycles. The maximum atomic E-state index is 11.7. The summed E-state index contributed by atoms with van der Waals surface area (Å²) in [5, 5.41) is 2.82. The van der Waals surface area contributed by atoms with Crippen molar-refractivity contribution in [2.24, 2.45) is 0 Å². The molecule has 0 aromatic carbocycles. The van der Waals surface area contributed by atoms with Gasteiger partial charge in [0.15, 0.2) is 11.5 Å². The quantitative estimate of drug-likeness (QED) is 0.772. The molecule has 1 unspecified atom stereocenters. The fourth-order valence-electron chi connectivity index (χ4n) is 1.32. The molecule has 1 amide bonds. The number of aromatic nitrogens is 2. The molecule has 15 heavy (non-hydrogen) atoms. The summed E-state index contributed by atoms with van der Waals surface area (Å²) >= 11 is 0. The molecule has 0 bridgehead atoms. The Balaban J connectivity index is 2.65. The SMILES string of the molecule is CCCC(C)NC(=O)c1nccnc1N. The first-order valence-corrected chi connectivity index (χ1v) is 5.02. The first-order chi connectivity index (χ1) is 7.15. The highest BCUT2D eigenvalue weighted by Crippen LogP contribution is 2.04. The molecule has 0 aliphatic carbocycles. The second-order valence-corrected chi connectivity index (χ2v) is 3.45. The van der Waals surface area contributed by atoms with Crippen molar-refractivity contribution in [3.63, 3.8) is 0 Å². The Bertz CT molecular complexity index is 340. The summed E-state index contributed by atoms with van der Waals surface area (Å²) in [4.78, 5) is 19.4. The van der Waals surface area contributed by atoms with Gasteiger partial charge >= 0.3 is 0 Å². The zero-order chi connectivity index (χ0) is 11.3. The number of nitrogens with two attached hydrogens (primary N) is 1. The molecule has 0 radical (unpaired) electrons. The van der Waals surface area contributed by atoms with E-state index in [1.165, 1.54) is 12.4 Å². The number of nitrogens with zero attached hydrogens (tertiary/aromatic N) is 2. The van der Waals surface area contributed by atoms with Gasteiger partial charge in [0.1, 0.15) is 0 Å². The molecule has 5 nitrogen and oxygen atoms in total. The van der Waals surface area contributed by atoms with Crippen LogP contribution in [-0.2, 0) is 0 Å². The summed E-state index contributed by atoms with van der Waals surface area (Å²) in [7, 11) is 0. The topological polar surface area (TPSA) is 80.9 Å². The van der Waals surface area contributed by atoms with Gasteiger partial charge < -0.3 is 11.1 Å². The minimum Gasteiger partial charge on any atom is -0.382 e. The van der Waals surface area contributed by atoms with Crippen LogP contribution in [0.15, 0.2) is 12.4 Å². The lowest BCUT2D eigenvalue weighted by molar-refractivity contribution is 0.0934. The number of amides is 1. The summed E-state index contributed by atoms with van der Waals surface area (Å²) in [6.45, 7) is 4.02. The van der Waals surface area contributed by atoms with Gasteiger partial charge in [-0.3, -0.25) is 4.79 Å². The highest BCUT2D eigenvalue weighted by molar-refractivity contribution is 5.96. The van der Waals surface area contributed by atoms with Gasteiger partial charge in [-0.05, 0) is 13.3 Å². The van der Waals surface area contributed by atoms with Gasteiger partial charge in [-0.15, -0.1) is 0 Å². The van der Waals surface area contributed by atoms with Gasteiger partial charge in [0.05, 0.1) is 0 Å². The Morgan fingerprint density at radius 2 is 2.20 bits per heavy atom. The molecule has 0 aliphatic rings. The van der Waals surface area contributed by atoms with Crippen molar-refractivity contribution in [3.05, 3.63) is 18.1 Å². The van der Waals surface area contributed by atoms with Crippen molar-refractivity contribution in [2.45, 2.75) is 32.7 Å². The summed E-state index contributed by atoms with van der Waals surface area (Å²) < 4.78 is 0. The van der Waals surface area contributed by atoms with Crippen LogP contribution < -0.4 is 11.1 Å². The standard InChI is InChI=1S/C10H16N4O/c1-3-4-7(2)14-10(15)8-9(11)13-6-5-12-8/h5-7H,3-4H2,1-2H3,(H2,11,13)(H,14,15). The van der Waals surface area contributed by atoms with Gasteiger partial charge in [0.2, 0.25) is 0 Å². The van der Waals surface area contributed by atoms with Crippen molar-refractivity contribution in [2.75, 3.05) is 5.73 Å². The van der Waals surface area contributed by atoms with E-state index in [0.29, 0.717) is 0 Å². The van der Waals surface area contributed by atoms with Gasteiger partial charge in [0.25, 0.3) is 5.91 Å². The first kappa shape index (κ1) is 11.4. The molecule has 0 saturated carbocycles. The largest absolute Gasteiger partial charge is 0.382 e. The molecule has 1 aromatic rings. The number of hydrogen-bond donors (Lipinski definition) is 2. The average molecular weight is 208 g/mol. The number of nitrogen functional groups attached to an aromatic ring is 1. The summed E-state index contributed by atoms with van der Waals surface area (Å²) in [6, 6.07) is 0.129. The van der Waals surface area contributed by atoms with E-state index < -0.39 is 0 Å². The number of nitrogens with one attached hydrogen (secondary N) is 1. The van der Waals surface area contributed by atoms with Gasteiger partial charge in [-0.25, -0.2) is 9.97 Å². The number of carbonyl (C=O) groups is 1. The van der Waals surface area contributed by atoms with Crippen LogP contribution in [0.25, 0.3) is 0 Å². The fourth-order valence-corrected chi connectivity index (χ4v) is 1.32. The van der Waals surface area contributed by atoms with Crippen LogP contribution in [0.1, 0.15) is 37.2 Å². The minimum atomic E-state index is -0.262. The van der Waals surface area contributed by atoms with Crippen molar-refractivity contribution in [1.82, 2.24) is 15.3 Å². The molecule has 3 N–H and O–H groups in total. The van der Waals surface area contributed by atoms with E-state index in [4.69, 9.17) is 5.73 Å². The number of anilines is 1. The van der Waals surface area contributed by atoms with E-state index in [2.05, 4.69) is 22.2 Å². The third-order valence-electron chi connectivity index (χ3n) is 2.04. The zero-order valence-corrected chi connectivity index (χ0v) is 9.03. The summed E-state index contributed by atoms with van der Waals surface area (Å²) in [5.74, 6) is -0.0970. The van der Waals surface area contributed by atoms with Crippen molar-refractivity contribution in [3.8, 4) is 0 Å². The third-order valence-corrected chi connectivity index (χ3v) is 2.04. The minimum absolute atomic E-state index is 0.129. The van der Waals surface area contributed by atoms with E-state index in [1.807, 2.05) is 6.92 Å². The van der Waals surface area contributed by atoms with E-state index in [9.17, 15) is 4.79 Å². The van der Waals surface area contributed by atoms with Crippen LogP contribution in [0.3, 0.4) is 0 Å². The van der Waals surface area contributed by atoms with Crippen molar-refractivity contribution < 1.29 is 4.79 Å². The van der Waals surface area contributed by atoms with Gasteiger partial charge in [-0.1, -0.05) is 13.3 Å². The first-order valence-electron chi connectivity index (χ1n) is 5.02. The molecular formula is C10H16N4O. The van der Waals surface area contributed by atoms with Crippen LogP contribution in [0.4, 0.5) is 5.82 Å². The maximum absolute atomic E-state index is 11.7. The van der Waals surface area contributed by atoms with Crippen LogP contribution in [0.5, 0.6) is 0 Å². The molecule has 1 aromatic heterocycles. The van der Waals surface area contributed by atoms with Gasteiger partial charge in [0, 0.05) is 18.4 Å². The second kappa shape index (κ2) is 5.29. The maximum Gasteiger partial charge on any atom is 0.273 e. The second-order valence-electron chi connectivity index (χ2n) is 3.45. The van der Waals surface area contributed by atoms with Crippen molar-refractivity contribution in [1.29, 1.82) is 0 Å². The molecule has 1 atom stereocenters. The monoisotopic (exact) mass is 208 g/mol. The van der Waals surface area contributed by atoms with Gasteiger partial charge in [-0.2, -0.15) is 0 Å². The Morgan fingerprint density at radius 3 is 2.80 bits per heavy atom. The Labute approximate surface area is 89.1 Å². The Hall–Kier alpha value is -1.65. The van der Waals surface area contributed by atoms with E-state index in [-0.39, 0.29) is 23.5 Å². The normalized spacial score (nSPS) is 12.1. The van der Waals surface area contributed by atoms with Crippen LogP contribution in [-0.4, -0.2) is 21.9 Å². The molecule has 0 spiro atoms. The van der Waals surface area contributed by atoms with Crippen LogP contribution in [0.2, 0.25) is 0 Å². The smallest absolute Gasteiger partial charge is 0.273 e. The number of hydrogen-bond acceptors (Lipinski definition) is 4. The molecule has 0 fully saturated rings. The Kier molecular flexibility index (Phi) is 4.03. The molecule has 5 heteroatoms. The van der Waals surface area contributed by atoms with E-state index in [1.54, 1.807) is 0 Å². The highest BCUT2D eigenvalue weighted by Gasteiger charge is 2.13. The number of rotatable bonds is 4. The van der Waals surface area contributed by atoms with E-state index >= 15 is 0 Å². The average Bonchev–Trinajstić information content (AvgIpc) is 2.18. The summed E-state index contributed by atoms with van der Waals surface area (Å²) in [6.07, 6.45) is 4.88. The zero-order valence-electron chi connectivity index (χ0n) is 9.03. The molecular weight excluding hydrogens is 192 g/mol. The van der Waals surface area contributed by atoms with Crippen LogP contribution in [0, 0.1) is 0 Å². The lowest BCUT2D eigenvalue weighted by Crippen LogP contribution is -2.33. The predicted molar refractivity (Wildman–Crippen MR) is 58.3 cm³/mol. The molecule has 1 heterocycles. The molecule has 82 valence electrons. The molecule has 0 aliphatic heterocycles. The number of carbonyl (C=O) groups excluding carboxylic acids is 1. The van der Waals surface area contributed by atoms with Crippen molar-refractivity contribution >= 4 is 11.7 Å². The highest BCUT2D eigenvalue weighted by atomic mass is 16.2. The molecule has 1 rings (SSSR count). The Morgan fingerprint density at radius 1 is 1.53 bits per heavy atom. The third kappa shape index (κ3) is 3.19. The fraction of sp³-hybridized carbons (Fsp3) is 0.500. The lowest BCUT2D eigenvalue weighted by Gasteiger charge is -2.12. The lowest BCUT2D eigenvalue weighted by atomic mass is 10.2. The van der Waals surface area contributed by atoms with Crippen LogP contribution >= 0.6 is 0 Å². The predicted octanol–water partition coefficient (Wildman–Crippen LogP) is 0.977. The summed E-state index contributed by atoms with van der Waals surface area (Å²) in [5.41, 5.74) is 5.73.